The standard InChI is InChI=1S/C13H18BrClN2/c1-9(2)8-17(12-3-4-12)13-10(6-15)5-11(14)7-16-13/h5,7,9,12H,3-4,6,8H2,1-2H3. The van der Waals surface area contributed by atoms with Gasteiger partial charge in [0.1, 0.15) is 5.82 Å². The second kappa shape index (κ2) is 5.57. The first kappa shape index (κ1) is 13.2. The fourth-order valence-corrected chi connectivity index (χ4v) is 2.59. The Bertz CT molecular complexity index is 391. The molecule has 1 aliphatic carbocycles. The van der Waals surface area contributed by atoms with Crippen molar-refractivity contribution in [1.29, 1.82) is 0 Å². The van der Waals surface area contributed by atoms with Crippen LogP contribution in [0.3, 0.4) is 0 Å². The normalized spacial score (nSPS) is 15.4. The number of pyridine rings is 1. The third-order valence-electron chi connectivity index (χ3n) is 2.88. The third-order valence-corrected chi connectivity index (χ3v) is 3.60. The van der Waals surface area contributed by atoms with Gasteiger partial charge in [0.25, 0.3) is 0 Å². The summed E-state index contributed by atoms with van der Waals surface area (Å²) in [6.07, 6.45) is 4.43. The smallest absolute Gasteiger partial charge is 0.133 e. The molecule has 1 aliphatic rings. The van der Waals surface area contributed by atoms with Crippen molar-refractivity contribution in [2.45, 2.75) is 38.6 Å². The number of hydrogen-bond donors (Lipinski definition) is 0. The van der Waals surface area contributed by atoms with E-state index in [1.165, 1.54) is 12.8 Å². The summed E-state index contributed by atoms with van der Waals surface area (Å²) < 4.78 is 0.997. The lowest BCUT2D eigenvalue weighted by molar-refractivity contribution is 0.601. The molecule has 0 saturated heterocycles. The van der Waals surface area contributed by atoms with Crippen LogP contribution >= 0.6 is 27.5 Å². The van der Waals surface area contributed by atoms with Gasteiger partial charge in [0.05, 0.1) is 5.88 Å². The Morgan fingerprint density at radius 1 is 1.53 bits per heavy atom. The molecule has 94 valence electrons. The van der Waals surface area contributed by atoms with Crippen LogP contribution < -0.4 is 4.90 Å². The van der Waals surface area contributed by atoms with E-state index in [2.05, 4.69) is 45.7 Å². The molecule has 4 heteroatoms. The van der Waals surface area contributed by atoms with Gasteiger partial charge >= 0.3 is 0 Å². The van der Waals surface area contributed by atoms with Crippen molar-refractivity contribution >= 4 is 33.3 Å². The molecule has 0 atom stereocenters. The molecule has 0 amide bonds. The van der Waals surface area contributed by atoms with E-state index >= 15 is 0 Å². The fourth-order valence-electron chi connectivity index (χ4n) is 2.02. The highest BCUT2D eigenvalue weighted by atomic mass is 79.9. The lowest BCUT2D eigenvalue weighted by atomic mass is 10.2. The fraction of sp³-hybridized carbons (Fsp3) is 0.615. The second-order valence-corrected chi connectivity index (χ2v) is 6.23. The quantitative estimate of drug-likeness (QED) is 0.756. The van der Waals surface area contributed by atoms with Crippen molar-refractivity contribution in [2.24, 2.45) is 5.92 Å². The van der Waals surface area contributed by atoms with Gasteiger partial charge in [0.15, 0.2) is 0 Å². The third kappa shape index (κ3) is 3.35. The highest BCUT2D eigenvalue weighted by Crippen LogP contribution is 2.34. The van der Waals surface area contributed by atoms with Crippen LogP contribution in [0.25, 0.3) is 0 Å². The average Bonchev–Trinajstić information content (AvgIpc) is 3.09. The molecule has 17 heavy (non-hydrogen) atoms. The van der Waals surface area contributed by atoms with Gasteiger partial charge < -0.3 is 4.90 Å². The maximum atomic E-state index is 6.02. The van der Waals surface area contributed by atoms with Crippen LogP contribution in [0.1, 0.15) is 32.3 Å². The first-order valence-electron chi connectivity index (χ1n) is 6.09. The molecule has 1 fully saturated rings. The number of hydrogen-bond acceptors (Lipinski definition) is 2. The maximum Gasteiger partial charge on any atom is 0.133 e. The van der Waals surface area contributed by atoms with Crippen LogP contribution in [-0.2, 0) is 5.88 Å². The van der Waals surface area contributed by atoms with Crippen LogP contribution in [0, 0.1) is 5.92 Å². The Kier molecular flexibility index (Phi) is 4.31. The van der Waals surface area contributed by atoms with Gasteiger partial charge in [0.2, 0.25) is 0 Å². The molecular weight excluding hydrogens is 300 g/mol. The zero-order valence-corrected chi connectivity index (χ0v) is 12.6. The Hall–Kier alpha value is -0.280. The SMILES string of the molecule is CC(C)CN(c1ncc(Br)cc1CCl)C1CC1. The zero-order chi connectivity index (χ0) is 12.4. The summed E-state index contributed by atoms with van der Waals surface area (Å²) >= 11 is 9.47. The number of halogens is 2. The highest BCUT2D eigenvalue weighted by Gasteiger charge is 2.31. The molecule has 0 aromatic carbocycles. The minimum absolute atomic E-state index is 0.517. The lowest BCUT2D eigenvalue weighted by Gasteiger charge is -2.27. The van der Waals surface area contributed by atoms with E-state index in [1.54, 1.807) is 0 Å². The van der Waals surface area contributed by atoms with Crippen LogP contribution in [0.2, 0.25) is 0 Å². The number of anilines is 1. The van der Waals surface area contributed by atoms with Gasteiger partial charge in [0, 0.05) is 28.8 Å². The van der Waals surface area contributed by atoms with E-state index in [1.807, 2.05) is 6.20 Å². The van der Waals surface area contributed by atoms with Crippen molar-refractivity contribution in [3.05, 3.63) is 22.3 Å². The van der Waals surface area contributed by atoms with Crippen LogP contribution in [-0.4, -0.2) is 17.6 Å². The van der Waals surface area contributed by atoms with Crippen molar-refractivity contribution in [1.82, 2.24) is 4.98 Å². The molecule has 1 saturated carbocycles. The van der Waals surface area contributed by atoms with E-state index in [-0.39, 0.29) is 0 Å². The summed E-state index contributed by atoms with van der Waals surface area (Å²) in [6.45, 7) is 5.55. The van der Waals surface area contributed by atoms with Gasteiger partial charge in [-0.25, -0.2) is 4.98 Å². The molecule has 1 heterocycles. The summed E-state index contributed by atoms with van der Waals surface area (Å²) in [4.78, 5) is 6.98. The van der Waals surface area contributed by atoms with Crippen molar-refractivity contribution in [3.63, 3.8) is 0 Å². The Morgan fingerprint density at radius 3 is 2.76 bits per heavy atom. The summed E-state index contributed by atoms with van der Waals surface area (Å²) in [5.74, 6) is 2.23. The lowest BCUT2D eigenvalue weighted by Crippen LogP contribution is -2.31. The van der Waals surface area contributed by atoms with Crippen molar-refractivity contribution in [3.8, 4) is 0 Å². The predicted molar refractivity (Wildman–Crippen MR) is 76.7 cm³/mol. The van der Waals surface area contributed by atoms with E-state index in [4.69, 9.17) is 11.6 Å². The predicted octanol–water partition coefficient (Wildman–Crippen LogP) is 4.21. The number of nitrogens with zero attached hydrogens (tertiary/aromatic N) is 2. The van der Waals surface area contributed by atoms with Crippen molar-refractivity contribution in [2.75, 3.05) is 11.4 Å². The molecule has 0 spiro atoms. The van der Waals surface area contributed by atoms with Crippen LogP contribution in [0.4, 0.5) is 5.82 Å². The second-order valence-electron chi connectivity index (χ2n) is 5.05. The van der Waals surface area contributed by atoms with Gasteiger partial charge in [-0.15, -0.1) is 11.6 Å². The van der Waals surface area contributed by atoms with E-state index in [0.29, 0.717) is 17.8 Å². The van der Waals surface area contributed by atoms with Crippen LogP contribution in [0.15, 0.2) is 16.7 Å². The van der Waals surface area contributed by atoms with Gasteiger partial charge in [-0.1, -0.05) is 13.8 Å². The summed E-state index contributed by atoms with van der Waals surface area (Å²) in [7, 11) is 0. The Balaban J connectivity index is 2.28. The molecule has 1 aromatic rings. The number of rotatable bonds is 5. The van der Waals surface area contributed by atoms with Gasteiger partial charge in [-0.05, 0) is 40.8 Å². The largest absolute Gasteiger partial charge is 0.353 e. The molecular formula is C13H18BrClN2. The molecule has 2 rings (SSSR count). The molecule has 0 N–H and O–H groups in total. The summed E-state index contributed by atoms with van der Waals surface area (Å²) in [5.41, 5.74) is 1.12. The minimum Gasteiger partial charge on any atom is -0.353 e. The molecule has 0 aliphatic heterocycles. The topological polar surface area (TPSA) is 16.1 Å². The average molecular weight is 318 g/mol. The van der Waals surface area contributed by atoms with Gasteiger partial charge in [-0.3, -0.25) is 0 Å². The molecule has 0 bridgehead atoms. The Labute approximate surface area is 116 Å². The molecule has 0 unspecified atom stereocenters. The maximum absolute atomic E-state index is 6.02. The summed E-state index contributed by atoms with van der Waals surface area (Å²) in [6, 6.07) is 2.75. The molecule has 0 radical (unpaired) electrons. The number of aromatic nitrogens is 1. The van der Waals surface area contributed by atoms with Crippen LogP contribution in [0.5, 0.6) is 0 Å². The zero-order valence-electron chi connectivity index (χ0n) is 10.3. The molecule has 2 nitrogen and oxygen atoms in total. The van der Waals surface area contributed by atoms with E-state index < -0.39 is 0 Å². The Morgan fingerprint density at radius 2 is 2.24 bits per heavy atom. The van der Waals surface area contributed by atoms with Gasteiger partial charge in [-0.2, -0.15) is 0 Å². The molecule has 1 aromatic heterocycles. The minimum atomic E-state index is 0.517. The first-order chi connectivity index (χ1) is 8.11. The summed E-state index contributed by atoms with van der Waals surface area (Å²) in [5, 5.41) is 0. The highest BCUT2D eigenvalue weighted by molar-refractivity contribution is 9.10. The van der Waals surface area contributed by atoms with Crippen molar-refractivity contribution < 1.29 is 0 Å². The van der Waals surface area contributed by atoms with E-state index in [0.717, 1.165) is 22.4 Å². The van der Waals surface area contributed by atoms with E-state index in [9.17, 15) is 0 Å². The first-order valence-corrected chi connectivity index (χ1v) is 7.41. The monoisotopic (exact) mass is 316 g/mol. The number of alkyl halides is 1.